The average molecular weight is 407 g/mol. The summed E-state index contributed by atoms with van der Waals surface area (Å²) < 4.78 is 0. The highest BCUT2D eigenvalue weighted by molar-refractivity contribution is 6.10. The van der Waals surface area contributed by atoms with Crippen LogP contribution in [0.2, 0.25) is 0 Å². The predicted molar refractivity (Wildman–Crippen MR) is 117 cm³/mol. The summed E-state index contributed by atoms with van der Waals surface area (Å²) in [7, 11) is 1.81. The molecule has 157 valence electrons. The van der Waals surface area contributed by atoms with Gasteiger partial charge in [-0.1, -0.05) is 55.5 Å². The molecule has 6 heteroatoms. The summed E-state index contributed by atoms with van der Waals surface area (Å²) in [6.45, 7) is 2.13. The van der Waals surface area contributed by atoms with Gasteiger partial charge >= 0.3 is 0 Å². The van der Waals surface area contributed by atoms with Crippen molar-refractivity contribution >= 4 is 23.4 Å². The molecule has 3 N–H and O–H groups in total. The Labute approximate surface area is 177 Å². The van der Waals surface area contributed by atoms with E-state index in [2.05, 4.69) is 5.32 Å². The molecule has 6 nitrogen and oxygen atoms in total. The van der Waals surface area contributed by atoms with Crippen molar-refractivity contribution in [3.63, 3.8) is 0 Å². The zero-order valence-electron chi connectivity index (χ0n) is 17.4. The minimum Gasteiger partial charge on any atom is -0.369 e. The minimum absolute atomic E-state index is 0.0445. The van der Waals surface area contributed by atoms with Gasteiger partial charge in [-0.05, 0) is 36.5 Å². The first-order valence-electron chi connectivity index (χ1n) is 10.2. The first-order chi connectivity index (χ1) is 14.4. The highest BCUT2D eigenvalue weighted by Crippen LogP contribution is 2.48. The topological polar surface area (TPSA) is 92.5 Å². The molecule has 3 rings (SSSR count). The quantitative estimate of drug-likeness (QED) is 0.627. The fourth-order valence-corrected chi connectivity index (χ4v) is 4.06. The third-order valence-electron chi connectivity index (χ3n) is 5.83. The second-order valence-corrected chi connectivity index (χ2v) is 7.79. The normalized spacial score (nSPS) is 18.7. The number of primary amides is 1. The molecule has 0 saturated carbocycles. The number of hydrogen-bond donors (Lipinski definition) is 2. The number of carbonyl (C=O) groups excluding carboxylic acids is 3. The van der Waals surface area contributed by atoms with Crippen molar-refractivity contribution in [3.8, 4) is 0 Å². The lowest BCUT2D eigenvalue weighted by Crippen LogP contribution is -2.40. The predicted octanol–water partition coefficient (Wildman–Crippen LogP) is 2.56. The smallest absolute Gasteiger partial charge is 0.241 e. The van der Waals surface area contributed by atoms with Gasteiger partial charge in [0.25, 0.3) is 0 Å². The van der Waals surface area contributed by atoms with Crippen molar-refractivity contribution in [2.45, 2.75) is 31.6 Å². The number of amides is 3. The summed E-state index contributed by atoms with van der Waals surface area (Å²) >= 11 is 0. The lowest BCUT2D eigenvalue weighted by molar-refractivity contribution is -0.122. The number of fused-ring (bicyclic) bond motifs is 1. The van der Waals surface area contributed by atoms with Crippen LogP contribution >= 0.6 is 0 Å². The van der Waals surface area contributed by atoms with Crippen molar-refractivity contribution in [2.75, 3.05) is 18.5 Å². The molecule has 0 spiro atoms. The Hall–Kier alpha value is -3.15. The molecular weight excluding hydrogens is 378 g/mol. The Morgan fingerprint density at radius 3 is 2.50 bits per heavy atom. The number of benzene rings is 2. The number of anilines is 1. The molecule has 1 aliphatic heterocycles. The summed E-state index contributed by atoms with van der Waals surface area (Å²) in [6.07, 6.45) is 2.97. The summed E-state index contributed by atoms with van der Waals surface area (Å²) in [6, 6.07) is 17.7. The van der Waals surface area contributed by atoms with Crippen LogP contribution in [0.3, 0.4) is 0 Å². The van der Waals surface area contributed by atoms with Gasteiger partial charge in [0.1, 0.15) is 5.41 Å². The van der Waals surface area contributed by atoms with Crippen LogP contribution < -0.4 is 16.0 Å². The lowest BCUT2D eigenvalue weighted by Gasteiger charge is -2.29. The zero-order chi connectivity index (χ0) is 21.7. The van der Waals surface area contributed by atoms with E-state index in [9.17, 15) is 14.4 Å². The Morgan fingerprint density at radius 1 is 1.13 bits per heavy atom. The second-order valence-electron chi connectivity index (χ2n) is 7.79. The van der Waals surface area contributed by atoms with Gasteiger partial charge in [0, 0.05) is 25.2 Å². The van der Waals surface area contributed by atoms with E-state index < -0.39 is 11.3 Å². The molecule has 2 aromatic rings. The Kier molecular flexibility index (Phi) is 6.55. The largest absolute Gasteiger partial charge is 0.369 e. The SMILES string of the molecule is CC(C[CH]C(=O)NCCCC1(c2ccccc2)C(=O)N(C)c2ccccc21)C(N)=O. The fraction of sp³-hybridized carbons (Fsp3) is 0.333. The molecule has 1 aliphatic rings. The van der Waals surface area contributed by atoms with Crippen molar-refractivity contribution in [1.82, 2.24) is 5.32 Å². The number of nitrogens with one attached hydrogen (secondary N) is 1. The molecule has 1 heterocycles. The first-order valence-corrected chi connectivity index (χ1v) is 10.2. The number of carbonyl (C=O) groups is 3. The van der Waals surface area contributed by atoms with E-state index in [1.807, 2.05) is 61.6 Å². The molecule has 0 fully saturated rings. The minimum atomic E-state index is -0.762. The number of nitrogens with two attached hydrogens (primary N) is 1. The van der Waals surface area contributed by atoms with E-state index in [1.54, 1.807) is 11.8 Å². The van der Waals surface area contributed by atoms with E-state index in [1.165, 1.54) is 6.42 Å². The van der Waals surface area contributed by atoms with Crippen LogP contribution in [0.1, 0.15) is 37.3 Å². The van der Waals surface area contributed by atoms with E-state index in [4.69, 9.17) is 5.73 Å². The molecule has 2 atom stereocenters. The van der Waals surface area contributed by atoms with Crippen LogP contribution in [0.15, 0.2) is 54.6 Å². The number of hydrogen-bond acceptors (Lipinski definition) is 3. The van der Waals surface area contributed by atoms with Gasteiger partial charge in [-0.15, -0.1) is 0 Å². The summed E-state index contributed by atoms with van der Waals surface area (Å²) in [5.74, 6) is -0.984. The maximum Gasteiger partial charge on any atom is 0.241 e. The second kappa shape index (κ2) is 9.11. The van der Waals surface area contributed by atoms with Gasteiger partial charge in [0.05, 0.1) is 6.42 Å². The molecule has 0 aromatic heterocycles. The summed E-state index contributed by atoms with van der Waals surface area (Å²) in [5.41, 5.74) is 7.33. The van der Waals surface area contributed by atoms with Gasteiger partial charge in [-0.25, -0.2) is 0 Å². The van der Waals surface area contributed by atoms with Gasteiger partial charge in [0.2, 0.25) is 17.7 Å². The van der Waals surface area contributed by atoms with Gasteiger partial charge < -0.3 is 16.0 Å². The van der Waals surface area contributed by atoms with Gasteiger partial charge in [0.15, 0.2) is 0 Å². The molecule has 0 saturated heterocycles. The Morgan fingerprint density at radius 2 is 1.80 bits per heavy atom. The number of rotatable bonds is 9. The van der Waals surface area contributed by atoms with Crippen LogP contribution in [-0.2, 0) is 19.8 Å². The maximum atomic E-state index is 13.4. The van der Waals surface area contributed by atoms with E-state index in [0.29, 0.717) is 25.8 Å². The van der Waals surface area contributed by atoms with E-state index in [-0.39, 0.29) is 17.7 Å². The van der Waals surface area contributed by atoms with Crippen LogP contribution in [0.5, 0.6) is 0 Å². The zero-order valence-corrected chi connectivity index (χ0v) is 17.4. The van der Waals surface area contributed by atoms with E-state index in [0.717, 1.165) is 16.8 Å². The summed E-state index contributed by atoms with van der Waals surface area (Å²) in [5, 5.41) is 2.85. The van der Waals surface area contributed by atoms with Crippen LogP contribution in [-0.4, -0.2) is 31.3 Å². The average Bonchev–Trinajstić information content (AvgIpc) is 2.98. The standard InChI is InChI=1S/C24H28N3O3/c1-17(22(25)29)13-14-21(28)26-16-8-15-24(18-9-4-3-5-10-18)19-11-6-7-12-20(19)27(2)23(24)30/h3-7,9-12,14,17H,8,13,15-16H2,1-2H3,(H2,25,29)(H,26,28). The highest BCUT2D eigenvalue weighted by Gasteiger charge is 2.50. The summed E-state index contributed by atoms with van der Waals surface area (Å²) in [4.78, 5) is 38.3. The molecule has 0 bridgehead atoms. The van der Waals surface area contributed by atoms with Gasteiger partial charge in [-0.2, -0.15) is 0 Å². The fourth-order valence-electron chi connectivity index (χ4n) is 4.06. The molecular formula is C24H28N3O3. The van der Waals surface area contributed by atoms with Crippen LogP contribution in [0.25, 0.3) is 0 Å². The lowest BCUT2D eigenvalue weighted by atomic mass is 9.72. The van der Waals surface area contributed by atoms with E-state index >= 15 is 0 Å². The van der Waals surface area contributed by atoms with Crippen molar-refractivity contribution < 1.29 is 14.4 Å². The molecule has 30 heavy (non-hydrogen) atoms. The van der Waals surface area contributed by atoms with Crippen molar-refractivity contribution in [1.29, 1.82) is 0 Å². The monoisotopic (exact) mass is 406 g/mol. The Balaban J connectivity index is 1.72. The number of para-hydroxylation sites is 1. The van der Waals surface area contributed by atoms with Crippen LogP contribution in [0, 0.1) is 12.3 Å². The molecule has 1 radical (unpaired) electrons. The van der Waals surface area contributed by atoms with Crippen molar-refractivity contribution in [2.24, 2.45) is 11.7 Å². The third kappa shape index (κ3) is 4.08. The Bertz CT molecular complexity index is 928. The highest BCUT2D eigenvalue weighted by atomic mass is 16.2. The number of likely N-dealkylation sites (N-methyl/N-ethyl adjacent to an activating group) is 1. The molecule has 0 aliphatic carbocycles. The van der Waals surface area contributed by atoms with Crippen molar-refractivity contribution in [3.05, 3.63) is 72.1 Å². The molecule has 2 unspecified atom stereocenters. The van der Waals surface area contributed by atoms with Gasteiger partial charge in [-0.3, -0.25) is 14.4 Å². The molecule has 2 aromatic carbocycles. The first kappa shape index (κ1) is 21.6. The number of nitrogens with zero attached hydrogens (tertiary/aromatic N) is 1. The molecule has 3 amide bonds. The third-order valence-corrected chi connectivity index (χ3v) is 5.83. The maximum absolute atomic E-state index is 13.4. The van der Waals surface area contributed by atoms with Crippen LogP contribution in [0.4, 0.5) is 5.69 Å².